The van der Waals surface area contributed by atoms with Crippen molar-refractivity contribution in [3.05, 3.63) is 87.0 Å². The number of fused-ring (bicyclic) bond motifs is 2. The maximum atomic E-state index is 13.4. The molecule has 64 heavy (non-hydrogen) atoms. The fourth-order valence-corrected chi connectivity index (χ4v) is 7.52. The molecule has 0 aliphatic carbocycles. The molecule has 4 aromatic heterocycles. The zero-order chi connectivity index (χ0) is 47.1. The van der Waals surface area contributed by atoms with Gasteiger partial charge in [0.05, 0.1) is 35.3 Å². The van der Waals surface area contributed by atoms with E-state index in [-0.39, 0.29) is 36.8 Å². The molecular weight excluding hydrogens is 847 g/mol. The minimum Gasteiger partial charge on any atom is -0.494 e. The normalized spacial score (nSPS) is 11.2. The predicted octanol–water partition coefficient (Wildman–Crippen LogP) is 4.56. The van der Waals surface area contributed by atoms with Crippen LogP contribution in [0.5, 0.6) is 11.5 Å². The number of carbonyl (C=O) groups is 5. The summed E-state index contributed by atoms with van der Waals surface area (Å²) in [4.78, 5) is 77.5. The number of primary amides is 1. The number of oxazole rings is 2. The molecule has 6 rings (SSSR count). The molecule has 0 aliphatic heterocycles. The number of thiazole rings is 1. The monoisotopic (exact) mass is 901 g/mol. The molecule has 3 amide bonds. The standard InChI is InChI=1S/C35H41N9O7S.C7H9NO2.CH5N/c1-7-23-31(51-20(2)39-23)33(48)41-35-44(30-25(49-6)17-22(32(36)47)18-27(30)52-35)13-9-8-12-43-29-24(40-34(43)37-3)15-21(19-45)16-26(29)50-14-10-11-28(46)42(5)38-4;1-3-6-7(4-9)10-5(2)8-6;1-2/h8-9,15-19,38H,7,10-14H2,1-6H3,(H2,36,47)(H,37,40);4H,3H2,1-2H3;2H2,1H3/b9-8+,41-35?;;. The average molecular weight is 902 g/mol. The number of rotatable bonds is 18. The summed E-state index contributed by atoms with van der Waals surface area (Å²) in [7, 11) is 8.05. The van der Waals surface area contributed by atoms with Crippen LogP contribution in [-0.2, 0) is 30.7 Å². The lowest BCUT2D eigenvalue weighted by Gasteiger charge is -2.15. The van der Waals surface area contributed by atoms with Crippen molar-refractivity contribution in [1.82, 2.24) is 34.5 Å². The number of ether oxygens (including phenoxy) is 2. The van der Waals surface area contributed by atoms with E-state index < -0.39 is 11.8 Å². The third-order valence-corrected chi connectivity index (χ3v) is 10.5. The molecule has 0 fully saturated rings. The van der Waals surface area contributed by atoms with Gasteiger partial charge in [-0.05, 0) is 50.6 Å². The van der Waals surface area contributed by atoms with Crippen LogP contribution in [0.2, 0.25) is 0 Å². The Morgan fingerprint density at radius 3 is 2.17 bits per heavy atom. The first-order valence-electron chi connectivity index (χ1n) is 20.3. The fraction of sp³-hybridized carbons (Fsp3) is 0.372. The number of nitrogens with two attached hydrogens (primary N) is 2. The minimum absolute atomic E-state index is 0.0728. The van der Waals surface area contributed by atoms with Crippen LogP contribution in [0.1, 0.15) is 91.7 Å². The van der Waals surface area contributed by atoms with Crippen molar-refractivity contribution in [2.24, 2.45) is 16.5 Å². The largest absolute Gasteiger partial charge is 0.494 e. The highest BCUT2D eigenvalue weighted by Crippen LogP contribution is 2.32. The molecule has 2 aromatic carbocycles. The van der Waals surface area contributed by atoms with Crippen LogP contribution in [0.3, 0.4) is 0 Å². The number of nitrogens with zero attached hydrogens (tertiary/aromatic N) is 7. The summed E-state index contributed by atoms with van der Waals surface area (Å²) in [5.74, 6) is 1.47. The molecule has 342 valence electrons. The van der Waals surface area contributed by atoms with Gasteiger partial charge in [0, 0.05) is 65.6 Å². The topological polar surface area (TPSA) is 270 Å². The summed E-state index contributed by atoms with van der Waals surface area (Å²) < 4.78 is 26.7. The number of hydrogen-bond acceptors (Lipinski definition) is 16. The van der Waals surface area contributed by atoms with E-state index in [2.05, 4.69) is 36.4 Å². The second kappa shape index (κ2) is 23.5. The van der Waals surface area contributed by atoms with Gasteiger partial charge in [-0.2, -0.15) is 4.99 Å². The van der Waals surface area contributed by atoms with Crippen molar-refractivity contribution in [2.45, 2.75) is 66.5 Å². The van der Waals surface area contributed by atoms with E-state index in [4.69, 9.17) is 24.0 Å². The van der Waals surface area contributed by atoms with Gasteiger partial charge in [-0.1, -0.05) is 37.3 Å². The van der Waals surface area contributed by atoms with Gasteiger partial charge in [-0.15, -0.1) is 0 Å². The molecule has 0 bridgehead atoms. The number of aldehydes is 2. The zero-order valence-electron chi connectivity index (χ0n) is 37.4. The number of nitrogens with one attached hydrogen (secondary N) is 2. The lowest BCUT2D eigenvalue weighted by atomic mass is 10.2. The first-order valence-corrected chi connectivity index (χ1v) is 21.1. The quantitative estimate of drug-likeness (QED) is 0.0399. The second-order valence-corrected chi connectivity index (χ2v) is 14.6. The van der Waals surface area contributed by atoms with Crippen molar-refractivity contribution in [1.29, 1.82) is 0 Å². The van der Waals surface area contributed by atoms with E-state index >= 15 is 0 Å². The Morgan fingerprint density at radius 2 is 1.58 bits per heavy atom. The molecule has 20 nitrogen and oxygen atoms in total. The number of aryl methyl sites for hydroxylation is 4. The number of aromatic nitrogens is 5. The van der Waals surface area contributed by atoms with Gasteiger partial charge in [0.1, 0.15) is 28.8 Å². The number of benzene rings is 2. The van der Waals surface area contributed by atoms with Gasteiger partial charge in [0.2, 0.25) is 23.5 Å². The third kappa shape index (κ3) is 11.7. The van der Waals surface area contributed by atoms with Gasteiger partial charge in [-0.25, -0.2) is 20.4 Å². The molecule has 6 aromatic rings. The maximum Gasteiger partial charge on any atom is 0.317 e. The maximum absolute atomic E-state index is 13.4. The second-order valence-electron chi connectivity index (χ2n) is 13.6. The molecule has 0 atom stereocenters. The Balaban J connectivity index is 0.000000652. The Labute approximate surface area is 373 Å². The Kier molecular flexibility index (Phi) is 18.2. The van der Waals surface area contributed by atoms with Crippen LogP contribution >= 0.6 is 11.3 Å². The summed E-state index contributed by atoms with van der Waals surface area (Å²) in [6, 6.07) is 6.54. The summed E-state index contributed by atoms with van der Waals surface area (Å²) in [5.41, 5.74) is 16.7. The lowest BCUT2D eigenvalue weighted by molar-refractivity contribution is -0.132. The summed E-state index contributed by atoms with van der Waals surface area (Å²) in [5, 5.41) is 4.52. The van der Waals surface area contributed by atoms with Crippen LogP contribution in [0.25, 0.3) is 21.3 Å². The van der Waals surface area contributed by atoms with Gasteiger partial charge in [0.15, 0.2) is 28.6 Å². The Bertz CT molecular complexity index is 2710. The van der Waals surface area contributed by atoms with E-state index in [1.807, 2.05) is 35.1 Å². The molecule has 0 saturated carbocycles. The average Bonchev–Trinajstić information content (AvgIpc) is 4.08. The molecule has 0 unspecified atom stereocenters. The Morgan fingerprint density at radius 1 is 0.906 bits per heavy atom. The number of amides is 3. The fourth-order valence-electron chi connectivity index (χ4n) is 6.43. The highest BCUT2D eigenvalue weighted by atomic mass is 32.1. The van der Waals surface area contributed by atoms with Crippen molar-refractivity contribution in [2.75, 3.05) is 47.2 Å². The third-order valence-electron chi connectivity index (χ3n) is 9.49. The highest BCUT2D eigenvalue weighted by Gasteiger charge is 2.21. The van der Waals surface area contributed by atoms with Crippen LogP contribution in [-0.4, -0.2) is 101 Å². The number of hydrogen-bond donors (Lipinski definition) is 4. The van der Waals surface area contributed by atoms with Crippen molar-refractivity contribution < 1.29 is 42.3 Å². The first kappa shape index (κ1) is 49.7. The van der Waals surface area contributed by atoms with Crippen molar-refractivity contribution >= 4 is 68.8 Å². The molecule has 4 heterocycles. The molecule has 21 heteroatoms. The van der Waals surface area contributed by atoms with Crippen molar-refractivity contribution in [3.8, 4) is 11.5 Å². The van der Waals surface area contributed by atoms with E-state index in [1.54, 1.807) is 59.3 Å². The predicted molar refractivity (Wildman–Crippen MR) is 242 cm³/mol. The number of carbonyl (C=O) groups excluding carboxylic acids is 5. The van der Waals surface area contributed by atoms with Crippen LogP contribution in [0.15, 0.2) is 50.2 Å². The first-order chi connectivity index (χ1) is 30.8. The highest BCUT2D eigenvalue weighted by molar-refractivity contribution is 7.16. The molecule has 0 saturated heterocycles. The Hall–Kier alpha value is -6.97. The zero-order valence-corrected chi connectivity index (χ0v) is 38.3. The summed E-state index contributed by atoms with van der Waals surface area (Å²) >= 11 is 1.21. The van der Waals surface area contributed by atoms with Crippen LogP contribution in [0, 0.1) is 13.8 Å². The van der Waals surface area contributed by atoms with Gasteiger partial charge < -0.3 is 44.2 Å². The number of allylic oxidation sites excluding steroid dienone is 2. The molecule has 6 N–H and O–H groups in total. The number of imidazole rings is 1. The molecule has 0 spiro atoms. The van der Waals surface area contributed by atoms with Gasteiger partial charge in [-0.3, -0.25) is 29.0 Å². The van der Waals surface area contributed by atoms with E-state index in [0.29, 0.717) is 98.0 Å². The molecule has 0 aliphatic rings. The summed E-state index contributed by atoms with van der Waals surface area (Å²) in [6.45, 7) is 8.07. The number of anilines is 1. The van der Waals surface area contributed by atoms with Gasteiger partial charge in [0.25, 0.3) is 0 Å². The lowest BCUT2D eigenvalue weighted by Crippen LogP contribution is -2.36. The molecular formula is C43H55N11O9S. The molecule has 0 radical (unpaired) electrons. The van der Waals surface area contributed by atoms with Crippen molar-refractivity contribution in [3.63, 3.8) is 0 Å². The van der Waals surface area contributed by atoms with Gasteiger partial charge >= 0.3 is 5.91 Å². The van der Waals surface area contributed by atoms with Crippen LogP contribution in [0.4, 0.5) is 5.95 Å². The minimum atomic E-state index is -0.620. The smallest absolute Gasteiger partial charge is 0.317 e. The summed E-state index contributed by atoms with van der Waals surface area (Å²) in [6.07, 6.45) is 7.23. The van der Waals surface area contributed by atoms with E-state index in [9.17, 15) is 24.0 Å². The number of hydrazine groups is 1. The SMILES string of the molecule is CCc1nc(C)oc1C(=O)N=c1sc2cc(C(N)=O)cc(OC)c2n1C/C=C/Cn1c(NC)nc2cc(C=O)cc(OCCCC(=O)N(C)NC)c21.CCc1nc(C)oc1C=O.CN. The van der Waals surface area contributed by atoms with E-state index in [1.165, 1.54) is 30.5 Å². The number of methoxy groups -OCH3 is 1. The van der Waals surface area contributed by atoms with Crippen LogP contribution < -0.4 is 36.5 Å². The van der Waals surface area contributed by atoms with E-state index in [0.717, 1.165) is 18.4 Å².